The van der Waals surface area contributed by atoms with E-state index in [1.54, 1.807) is 6.92 Å². The Balaban J connectivity index is 0.00000361. The fourth-order valence-corrected chi connectivity index (χ4v) is 1.75. The zero-order valence-electron chi connectivity index (χ0n) is 11.1. The molecule has 2 nitrogen and oxygen atoms in total. The van der Waals surface area contributed by atoms with Crippen molar-refractivity contribution in [2.24, 2.45) is 11.7 Å². The van der Waals surface area contributed by atoms with Crippen LogP contribution in [0.25, 0.3) is 0 Å². The van der Waals surface area contributed by atoms with Crippen LogP contribution in [0.1, 0.15) is 37.4 Å². The quantitative estimate of drug-likeness (QED) is 0.833. The van der Waals surface area contributed by atoms with Crippen LogP contribution in [0.5, 0.6) is 0 Å². The van der Waals surface area contributed by atoms with E-state index in [4.69, 9.17) is 5.73 Å². The van der Waals surface area contributed by atoms with E-state index < -0.39 is 29.7 Å². The second-order valence-electron chi connectivity index (χ2n) is 4.64. The molecule has 0 amide bonds. The lowest BCUT2D eigenvalue weighted by Gasteiger charge is -2.24. The summed E-state index contributed by atoms with van der Waals surface area (Å²) < 4.78 is 50.9. The number of aliphatic hydroxyl groups excluding tert-OH is 1. The summed E-state index contributed by atoms with van der Waals surface area (Å²) in [6, 6.07) is 1.10. The molecule has 1 rings (SSSR count). The lowest BCUT2D eigenvalue weighted by molar-refractivity contribution is -0.137. The van der Waals surface area contributed by atoms with Crippen molar-refractivity contribution in [2.45, 2.75) is 38.6 Å². The van der Waals surface area contributed by atoms with Crippen LogP contribution >= 0.6 is 12.4 Å². The minimum absolute atomic E-state index is 0. The van der Waals surface area contributed by atoms with Gasteiger partial charge in [-0.05, 0) is 18.1 Å². The molecule has 0 aliphatic rings. The maximum absolute atomic E-state index is 13.7. The molecule has 0 saturated heterocycles. The van der Waals surface area contributed by atoms with Gasteiger partial charge in [-0.15, -0.1) is 12.4 Å². The summed E-state index contributed by atoms with van der Waals surface area (Å²) in [6.07, 6.45) is -4.97. The predicted octanol–water partition coefficient (Wildman–Crippen LogP) is 3.67. The monoisotopic (exact) mass is 315 g/mol. The van der Waals surface area contributed by atoms with Crippen molar-refractivity contribution in [1.29, 1.82) is 0 Å². The summed E-state index contributed by atoms with van der Waals surface area (Å²) in [7, 11) is 0. The molecule has 0 radical (unpaired) electrons. The lowest BCUT2D eigenvalue weighted by Crippen LogP contribution is -2.32. The van der Waals surface area contributed by atoms with Crippen LogP contribution in [0.3, 0.4) is 0 Å². The molecular formula is C13H18ClF4NO. The number of rotatable bonds is 4. The minimum atomic E-state index is -4.60. The molecule has 7 heteroatoms. The number of aliphatic hydroxyl groups is 1. The standard InChI is InChI=1S/C13H17F4NO.ClH/c1-3-7(2)12(19)11(18)9-5-4-8(6-10(9)14)13(15,16)17;/h4-7,11-12,19H,3,18H2,1-2H3;1H/t7?,11-,12+;/m1./s1. The van der Waals surface area contributed by atoms with Gasteiger partial charge in [-0.1, -0.05) is 26.3 Å². The highest BCUT2D eigenvalue weighted by atomic mass is 35.5. The van der Waals surface area contributed by atoms with E-state index in [2.05, 4.69) is 0 Å². The topological polar surface area (TPSA) is 46.2 Å². The van der Waals surface area contributed by atoms with Gasteiger partial charge in [0.1, 0.15) is 5.82 Å². The normalized spacial score (nSPS) is 16.2. The number of hydrogen-bond donors (Lipinski definition) is 2. The second kappa shape index (κ2) is 7.24. The third-order valence-electron chi connectivity index (χ3n) is 3.28. The number of nitrogens with two attached hydrogens (primary N) is 1. The fourth-order valence-electron chi connectivity index (χ4n) is 1.75. The Hall–Kier alpha value is -0.850. The highest BCUT2D eigenvalue weighted by Crippen LogP contribution is 2.32. The molecule has 0 bridgehead atoms. The van der Waals surface area contributed by atoms with Crippen molar-refractivity contribution in [3.05, 3.63) is 35.1 Å². The van der Waals surface area contributed by atoms with E-state index in [1.165, 1.54) is 0 Å². The van der Waals surface area contributed by atoms with E-state index in [1.807, 2.05) is 6.92 Å². The zero-order chi connectivity index (χ0) is 14.8. The Morgan fingerprint density at radius 3 is 2.25 bits per heavy atom. The van der Waals surface area contributed by atoms with Crippen LogP contribution < -0.4 is 5.73 Å². The van der Waals surface area contributed by atoms with Gasteiger partial charge in [-0.25, -0.2) is 4.39 Å². The summed E-state index contributed by atoms with van der Waals surface area (Å²) in [5.41, 5.74) is 4.52. The smallest absolute Gasteiger partial charge is 0.391 e. The van der Waals surface area contributed by atoms with Crippen LogP contribution in [-0.4, -0.2) is 11.2 Å². The zero-order valence-corrected chi connectivity index (χ0v) is 11.9. The third-order valence-corrected chi connectivity index (χ3v) is 3.28. The van der Waals surface area contributed by atoms with Gasteiger partial charge < -0.3 is 10.8 Å². The molecule has 1 aromatic rings. The molecule has 0 spiro atoms. The second-order valence-corrected chi connectivity index (χ2v) is 4.64. The van der Waals surface area contributed by atoms with Crippen molar-refractivity contribution in [3.63, 3.8) is 0 Å². The van der Waals surface area contributed by atoms with E-state index in [9.17, 15) is 22.7 Å². The first-order chi connectivity index (χ1) is 8.68. The fraction of sp³-hybridized carbons (Fsp3) is 0.538. The Kier molecular flexibility index (Phi) is 6.93. The largest absolute Gasteiger partial charge is 0.416 e. The molecule has 0 heterocycles. The van der Waals surface area contributed by atoms with Gasteiger partial charge >= 0.3 is 6.18 Å². The van der Waals surface area contributed by atoms with Crippen molar-refractivity contribution >= 4 is 12.4 Å². The average molecular weight is 316 g/mol. The number of benzene rings is 1. The molecule has 3 N–H and O–H groups in total. The van der Waals surface area contributed by atoms with Gasteiger partial charge in [0.2, 0.25) is 0 Å². The maximum atomic E-state index is 13.7. The summed E-state index contributed by atoms with van der Waals surface area (Å²) in [6.45, 7) is 3.58. The Morgan fingerprint density at radius 2 is 1.85 bits per heavy atom. The molecule has 1 unspecified atom stereocenters. The van der Waals surface area contributed by atoms with Crippen LogP contribution in [0.15, 0.2) is 18.2 Å². The van der Waals surface area contributed by atoms with Gasteiger partial charge in [0, 0.05) is 5.56 Å². The van der Waals surface area contributed by atoms with Gasteiger partial charge in [-0.2, -0.15) is 13.2 Å². The number of hydrogen-bond acceptors (Lipinski definition) is 2. The lowest BCUT2D eigenvalue weighted by atomic mass is 9.91. The van der Waals surface area contributed by atoms with Crippen molar-refractivity contribution < 1.29 is 22.7 Å². The molecule has 116 valence electrons. The van der Waals surface area contributed by atoms with E-state index in [0.29, 0.717) is 12.5 Å². The summed E-state index contributed by atoms with van der Waals surface area (Å²) in [4.78, 5) is 0. The van der Waals surface area contributed by atoms with E-state index in [0.717, 1.165) is 12.1 Å². The van der Waals surface area contributed by atoms with Crippen LogP contribution in [-0.2, 0) is 6.18 Å². The van der Waals surface area contributed by atoms with Crippen LogP contribution in [0.4, 0.5) is 17.6 Å². The molecular weight excluding hydrogens is 298 g/mol. The molecule has 0 fully saturated rings. The Morgan fingerprint density at radius 1 is 1.30 bits per heavy atom. The first kappa shape index (κ1) is 19.1. The molecule has 0 aliphatic heterocycles. The van der Waals surface area contributed by atoms with Gasteiger partial charge in [0.05, 0.1) is 17.7 Å². The molecule has 3 atom stereocenters. The average Bonchev–Trinajstić information content (AvgIpc) is 2.34. The Labute approximate surface area is 121 Å². The third kappa shape index (κ3) is 4.33. The molecule has 20 heavy (non-hydrogen) atoms. The van der Waals surface area contributed by atoms with Gasteiger partial charge in [0.25, 0.3) is 0 Å². The highest BCUT2D eigenvalue weighted by Gasteiger charge is 2.32. The number of alkyl halides is 3. The van der Waals surface area contributed by atoms with Crippen molar-refractivity contribution in [3.8, 4) is 0 Å². The first-order valence-corrected chi connectivity index (χ1v) is 5.98. The van der Waals surface area contributed by atoms with E-state index >= 15 is 0 Å². The van der Waals surface area contributed by atoms with Crippen molar-refractivity contribution in [1.82, 2.24) is 0 Å². The highest BCUT2D eigenvalue weighted by molar-refractivity contribution is 5.85. The van der Waals surface area contributed by atoms with Crippen molar-refractivity contribution in [2.75, 3.05) is 0 Å². The summed E-state index contributed by atoms with van der Waals surface area (Å²) >= 11 is 0. The van der Waals surface area contributed by atoms with Crippen LogP contribution in [0.2, 0.25) is 0 Å². The number of halogens is 5. The van der Waals surface area contributed by atoms with E-state index in [-0.39, 0.29) is 23.9 Å². The molecule has 0 aromatic heterocycles. The Bertz CT molecular complexity index is 439. The summed E-state index contributed by atoms with van der Waals surface area (Å²) in [5.74, 6) is -1.22. The maximum Gasteiger partial charge on any atom is 0.416 e. The van der Waals surface area contributed by atoms with Gasteiger partial charge in [0.15, 0.2) is 0 Å². The minimum Gasteiger partial charge on any atom is -0.391 e. The molecule has 0 aliphatic carbocycles. The SMILES string of the molecule is CCC(C)[C@H](O)[C@H](N)c1ccc(C(F)(F)F)cc1F.Cl. The molecule has 1 aromatic carbocycles. The predicted molar refractivity (Wildman–Crippen MR) is 71.0 cm³/mol. The summed E-state index contributed by atoms with van der Waals surface area (Å²) in [5, 5.41) is 9.88. The van der Waals surface area contributed by atoms with Crippen LogP contribution in [0, 0.1) is 11.7 Å². The van der Waals surface area contributed by atoms with Gasteiger partial charge in [-0.3, -0.25) is 0 Å². The first-order valence-electron chi connectivity index (χ1n) is 5.98. The molecule has 0 saturated carbocycles.